The number of aryl methyl sites for hydroxylation is 2. The van der Waals surface area contributed by atoms with Gasteiger partial charge in [-0.15, -0.1) is 0 Å². The monoisotopic (exact) mass is 394 g/mol. The summed E-state index contributed by atoms with van der Waals surface area (Å²) in [4.78, 5) is 0. The van der Waals surface area contributed by atoms with Crippen molar-refractivity contribution in [3.63, 3.8) is 0 Å². The van der Waals surface area contributed by atoms with Crippen LogP contribution in [0.15, 0.2) is 24.3 Å². The fraction of sp³-hybridized carbons (Fsp3) is 0.538. The van der Waals surface area contributed by atoms with E-state index in [0.717, 1.165) is 60.8 Å². The molecule has 2 fully saturated rings. The number of hydrogen-bond donors (Lipinski definition) is 3. The van der Waals surface area contributed by atoms with E-state index in [-0.39, 0.29) is 16.9 Å². The first-order valence-electron chi connectivity index (χ1n) is 11.3. The molecule has 3 nitrogen and oxygen atoms in total. The molecule has 29 heavy (non-hydrogen) atoms. The third kappa shape index (κ3) is 3.60. The van der Waals surface area contributed by atoms with Gasteiger partial charge in [0.2, 0.25) is 0 Å². The van der Waals surface area contributed by atoms with E-state index < -0.39 is 0 Å². The number of rotatable bonds is 3. The maximum Gasteiger partial charge on any atom is 0.123 e. The Labute approximate surface area is 174 Å². The van der Waals surface area contributed by atoms with Gasteiger partial charge < -0.3 is 15.3 Å². The maximum atomic E-state index is 10.9. The minimum absolute atomic E-state index is 0.141. The van der Waals surface area contributed by atoms with Gasteiger partial charge in [0.15, 0.2) is 0 Å². The molecule has 2 aromatic rings. The lowest BCUT2D eigenvalue weighted by molar-refractivity contribution is 0.329. The van der Waals surface area contributed by atoms with Crippen LogP contribution in [-0.4, -0.2) is 15.3 Å². The van der Waals surface area contributed by atoms with Gasteiger partial charge in [-0.05, 0) is 73.8 Å². The summed E-state index contributed by atoms with van der Waals surface area (Å²) in [5, 5.41) is 31.8. The summed E-state index contributed by atoms with van der Waals surface area (Å²) in [6.45, 7) is 3.90. The molecule has 2 aliphatic carbocycles. The molecule has 2 aliphatic rings. The number of hydrogen-bond acceptors (Lipinski definition) is 3. The van der Waals surface area contributed by atoms with Crippen molar-refractivity contribution in [1.82, 2.24) is 0 Å². The Kier molecular flexibility index (Phi) is 5.50. The van der Waals surface area contributed by atoms with Crippen molar-refractivity contribution in [2.24, 2.45) is 0 Å². The van der Waals surface area contributed by atoms with E-state index in [1.165, 1.54) is 37.3 Å². The van der Waals surface area contributed by atoms with Gasteiger partial charge in [-0.1, -0.05) is 50.7 Å². The fourth-order valence-electron chi connectivity index (χ4n) is 5.75. The summed E-state index contributed by atoms with van der Waals surface area (Å²) >= 11 is 0. The highest BCUT2D eigenvalue weighted by atomic mass is 16.3. The van der Waals surface area contributed by atoms with Crippen molar-refractivity contribution in [3.05, 3.63) is 52.1 Å². The second-order valence-corrected chi connectivity index (χ2v) is 9.36. The van der Waals surface area contributed by atoms with E-state index in [4.69, 9.17) is 0 Å². The number of aromatic hydroxyl groups is 3. The Morgan fingerprint density at radius 3 is 2.07 bits per heavy atom. The molecule has 156 valence electrons. The van der Waals surface area contributed by atoms with Crippen LogP contribution >= 0.6 is 0 Å². The smallest absolute Gasteiger partial charge is 0.123 e. The van der Waals surface area contributed by atoms with Crippen LogP contribution in [0.4, 0.5) is 0 Å². The molecule has 3 heteroatoms. The molecule has 0 spiro atoms. The first-order valence-corrected chi connectivity index (χ1v) is 11.3. The van der Waals surface area contributed by atoms with Gasteiger partial charge in [0.25, 0.3) is 0 Å². The minimum Gasteiger partial charge on any atom is -0.508 e. The van der Waals surface area contributed by atoms with Crippen molar-refractivity contribution in [2.75, 3.05) is 0 Å². The second kappa shape index (κ2) is 7.93. The first-order chi connectivity index (χ1) is 13.9. The van der Waals surface area contributed by atoms with E-state index in [2.05, 4.69) is 12.1 Å². The normalized spacial score (nSPS) is 19.9. The minimum atomic E-state index is -0.261. The van der Waals surface area contributed by atoms with Crippen LogP contribution in [0.3, 0.4) is 0 Å². The Hall–Kier alpha value is -2.16. The lowest BCUT2D eigenvalue weighted by Gasteiger charge is -2.40. The van der Waals surface area contributed by atoms with E-state index in [9.17, 15) is 15.3 Å². The fourth-order valence-corrected chi connectivity index (χ4v) is 5.75. The van der Waals surface area contributed by atoms with Crippen LogP contribution in [0, 0.1) is 13.8 Å². The SMILES string of the molecule is Cc1cc(C2(c3cc(C)c(O)c(C4CCCCC4)c3)CCCCC2)c(O)cc1O. The number of benzene rings is 2. The summed E-state index contributed by atoms with van der Waals surface area (Å²) in [5.41, 5.74) is 4.71. The molecule has 0 amide bonds. The lowest BCUT2D eigenvalue weighted by Crippen LogP contribution is -2.31. The Bertz CT molecular complexity index is 887. The van der Waals surface area contributed by atoms with Crippen LogP contribution in [0.5, 0.6) is 17.2 Å². The summed E-state index contributed by atoms with van der Waals surface area (Å²) < 4.78 is 0. The van der Waals surface area contributed by atoms with Crippen molar-refractivity contribution in [1.29, 1.82) is 0 Å². The van der Waals surface area contributed by atoms with Gasteiger partial charge in [0, 0.05) is 17.0 Å². The molecule has 0 unspecified atom stereocenters. The molecule has 3 N–H and O–H groups in total. The molecular weight excluding hydrogens is 360 g/mol. The van der Waals surface area contributed by atoms with E-state index in [0.29, 0.717) is 11.7 Å². The molecule has 2 aromatic carbocycles. The summed E-state index contributed by atoms with van der Waals surface area (Å²) in [5.74, 6) is 1.21. The summed E-state index contributed by atoms with van der Waals surface area (Å²) in [7, 11) is 0. The molecule has 0 radical (unpaired) electrons. The molecule has 0 aliphatic heterocycles. The van der Waals surface area contributed by atoms with Gasteiger partial charge in [-0.2, -0.15) is 0 Å². The molecule has 4 rings (SSSR count). The largest absolute Gasteiger partial charge is 0.508 e. The van der Waals surface area contributed by atoms with Crippen LogP contribution in [0.25, 0.3) is 0 Å². The quantitative estimate of drug-likeness (QED) is 0.541. The van der Waals surface area contributed by atoms with Crippen molar-refractivity contribution in [3.8, 4) is 17.2 Å². The molecule has 2 saturated carbocycles. The number of phenolic OH excluding ortho intramolecular Hbond substituents is 3. The van der Waals surface area contributed by atoms with Crippen LogP contribution in [0.1, 0.15) is 97.9 Å². The van der Waals surface area contributed by atoms with Gasteiger partial charge in [0.1, 0.15) is 17.2 Å². The van der Waals surface area contributed by atoms with Crippen LogP contribution < -0.4 is 0 Å². The van der Waals surface area contributed by atoms with Gasteiger partial charge in [0.05, 0.1) is 0 Å². The maximum absolute atomic E-state index is 10.9. The third-order valence-electron chi connectivity index (χ3n) is 7.46. The average Bonchev–Trinajstić information content (AvgIpc) is 2.73. The Morgan fingerprint density at radius 2 is 1.38 bits per heavy atom. The Balaban J connectivity index is 1.88. The topological polar surface area (TPSA) is 60.7 Å². The third-order valence-corrected chi connectivity index (χ3v) is 7.46. The molecule has 0 aromatic heterocycles. The van der Waals surface area contributed by atoms with E-state index in [1.54, 1.807) is 0 Å². The lowest BCUT2D eigenvalue weighted by atomic mass is 9.64. The standard InChI is InChI=1S/C26H34O3/c1-17-14-22(24(28)16-23(17)27)26(11-7-4-8-12-26)20-13-18(2)25(29)21(15-20)19-9-5-3-6-10-19/h13-16,19,27-29H,3-12H2,1-2H3. The van der Waals surface area contributed by atoms with Gasteiger partial charge in [-0.3, -0.25) is 0 Å². The highest BCUT2D eigenvalue weighted by Gasteiger charge is 2.39. The van der Waals surface area contributed by atoms with Crippen LogP contribution in [-0.2, 0) is 5.41 Å². The Morgan fingerprint density at radius 1 is 0.724 bits per heavy atom. The highest BCUT2D eigenvalue weighted by molar-refractivity contribution is 5.55. The van der Waals surface area contributed by atoms with Crippen molar-refractivity contribution < 1.29 is 15.3 Å². The van der Waals surface area contributed by atoms with E-state index in [1.807, 2.05) is 19.9 Å². The highest BCUT2D eigenvalue weighted by Crippen LogP contribution is 2.51. The zero-order chi connectivity index (χ0) is 20.6. The molecule has 0 atom stereocenters. The molecular formula is C26H34O3. The number of phenols is 3. The van der Waals surface area contributed by atoms with Gasteiger partial charge >= 0.3 is 0 Å². The predicted octanol–water partition coefficient (Wildman–Crippen LogP) is 6.72. The van der Waals surface area contributed by atoms with Gasteiger partial charge in [-0.25, -0.2) is 0 Å². The zero-order valence-electron chi connectivity index (χ0n) is 17.8. The first kappa shape index (κ1) is 20.1. The molecule has 0 bridgehead atoms. The van der Waals surface area contributed by atoms with E-state index >= 15 is 0 Å². The van der Waals surface area contributed by atoms with Crippen molar-refractivity contribution >= 4 is 0 Å². The summed E-state index contributed by atoms with van der Waals surface area (Å²) in [6.07, 6.45) is 11.5. The van der Waals surface area contributed by atoms with Crippen molar-refractivity contribution in [2.45, 2.75) is 89.4 Å². The summed E-state index contributed by atoms with van der Waals surface area (Å²) in [6, 6.07) is 7.84. The average molecular weight is 395 g/mol. The van der Waals surface area contributed by atoms with Crippen LogP contribution in [0.2, 0.25) is 0 Å². The molecule has 0 saturated heterocycles. The second-order valence-electron chi connectivity index (χ2n) is 9.36. The zero-order valence-corrected chi connectivity index (χ0v) is 17.8. The molecule has 0 heterocycles. The predicted molar refractivity (Wildman–Crippen MR) is 117 cm³/mol.